The highest BCUT2D eigenvalue weighted by atomic mass is 79.9. The average molecular weight is 367 g/mol. The molecule has 0 bridgehead atoms. The molecule has 3 rings (SSSR count). The Bertz CT molecular complexity index is 289. The third kappa shape index (κ3) is 0.915. The van der Waals surface area contributed by atoms with Crippen LogP contribution in [0.3, 0.4) is 0 Å². The highest BCUT2D eigenvalue weighted by molar-refractivity contribution is 9.11. The summed E-state index contributed by atoms with van der Waals surface area (Å²) in [7, 11) is 0. The van der Waals surface area contributed by atoms with Gasteiger partial charge in [-0.25, -0.2) is 0 Å². The molecule has 0 aromatic rings. The molecule has 0 atom stereocenters. The molecule has 0 aromatic carbocycles. The first kappa shape index (κ1) is 8.93. The van der Waals surface area contributed by atoms with E-state index in [9.17, 15) is 0 Å². The Morgan fingerprint density at radius 3 is 1.08 bits per heavy atom. The van der Waals surface area contributed by atoms with E-state index in [0.29, 0.717) is 5.92 Å². The van der Waals surface area contributed by atoms with Gasteiger partial charge in [-0.1, -0.05) is 84.2 Å². The summed E-state index contributed by atoms with van der Waals surface area (Å²) < 4.78 is 0.0938. The molecule has 0 radical (unpaired) electrons. The van der Waals surface area contributed by atoms with Crippen LogP contribution < -0.4 is 0 Å². The van der Waals surface area contributed by atoms with Crippen molar-refractivity contribution in [2.75, 3.05) is 0 Å². The van der Waals surface area contributed by atoms with Gasteiger partial charge in [-0.2, -0.15) is 0 Å². The average Bonchev–Trinajstić information content (AvgIpc) is 2.58. The topological polar surface area (TPSA) is 0 Å². The number of hydrogen-bond acceptors (Lipinski definition) is 0. The number of alkyl halides is 3. The Labute approximate surface area is 103 Å². The Hall–Kier alpha value is 0.660. The summed E-state index contributed by atoms with van der Waals surface area (Å²) in [6.45, 7) is 0. The lowest BCUT2D eigenvalue weighted by Gasteiger charge is -2.32. The van der Waals surface area contributed by atoms with Crippen LogP contribution in [0.4, 0.5) is 0 Å². The van der Waals surface area contributed by atoms with Crippen LogP contribution >= 0.6 is 47.8 Å². The van der Waals surface area contributed by atoms with Crippen LogP contribution in [0.5, 0.6) is 0 Å². The van der Waals surface area contributed by atoms with E-state index in [-0.39, 0.29) is 13.0 Å². The Morgan fingerprint density at radius 1 is 0.615 bits per heavy atom. The maximum atomic E-state index is 3.79. The molecule has 0 amide bonds. The largest absolute Gasteiger partial charge is 0.0757 e. The minimum absolute atomic E-state index is 0.0312. The molecule has 0 saturated heterocycles. The highest BCUT2D eigenvalue weighted by Gasteiger charge is 2.62. The van der Waals surface area contributed by atoms with E-state index < -0.39 is 0 Å². The Kier molecular flexibility index (Phi) is 1.54. The van der Waals surface area contributed by atoms with Crippen molar-refractivity contribution in [2.24, 2.45) is 5.92 Å². The smallest absolute Gasteiger partial charge is 0.0684 e. The van der Waals surface area contributed by atoms with E-state index in [2.05, 4.69) is 84.2 Å². The predicted octanol–water partition coefficient (Wildman–Crippen LogP) is 3.71. The lowest BCUT2D eigenvalue weighted by molar-refractivity contribution is 0.513. The second-order valence-corrected chi connectivity index (χ2v) is 8.04. The molecule has 0 heterocycles. The van der Waals surface area contributed by atoms with Crippen molar-refractivity contribution in [1.82, 2.24) is 0 Å². The first-order valence-electron chi connectivity index (χ1n) is 4.17. The van der Waals surface area contributed by atoms with Gasteiger partial charge in [0, 0.05) is 5.92 Å². The SMILES string of the molecule is BrC12C=CC3(Br)C=CC(Br)(C=C1)C23. The Balaban J connectivity index is 2.25. The summed E-state index contributed by atoms with van der Waals surface area (Å²) >= 11 is 11.4. The molecule has 3 aliphatic carbocycles. The number of hydrogen-bond donors (Lipinski definition) is 0. The van der Waals surface area contributed by atoms with Crippen molar-refractivity contribution in [3.8, 4) is 0 Å². The minimum Gasteiger partial charge on any atom is -0.0757 e. The van der Waals surface area contributed by atoms with Crippen LogP contribution in [0.15, 0.2) is 36.5 Å². The summed E-state index contributed by atoms with van der Waals surface area (Å²) in [6.07, 6.45) is 13.4. The molecule has 0 aliphatic heterocycles. The van der Waals surface area contributed by atoms with Gasteiger partial charge in [-0.05, 0) is 0 Å². The van der Waals surface area contributed by atoms with E-state index in [1.165, 1.54) is 0 Å². The number of rotatable bonds is 0. The van der Waals surface area contributed by atoms with E-state index in [0.717, 1.165) is 0 Å². The quantitative estimate of drug-likeness (QED) is 0.453. The maximum absolute atomic E-state index is 3.79. The summed E-state index contributed by atoms with van der Waals surface area (Å²) in [5.41, 5.74) is 0. The molecule has 0 N–H and O–H groups in total. The van der Waals surface area contributed by atoms with Crippen LogP contribution in [-0.4, -0.2) is 13.0 Å². The minimum atomic E-state index is 0.0312. The highest BCUT2D eigenvalue weighted by Crippen LogP contribution is 2.64. The van der Waals surface area contributed by atoms with Crippen LogP contribution in [0, 0.1) is 5.92 Å². The fourth-order valence-corrected chi connectivity index (χ4v) is 6.51. The molecule has 0 fully saturated rings. The molecular weight excluding hydrogens is 360 g/mol. The fraction of sp³-hybridized carbons (Fsp3) is 0.400. The normalized spacial score (nSPS) is 60.7. The lowest BCUT2D eigenvalue weighted by atomic mass is 9.88. The van der Waals surface area contributed by atoms with Crippen molar-refractivity contribution < 1.29 is 0 Å². The van der Waals surface area contributed by atoms with Gasteiger partial charge in [0.25, 0.3) is 0 Å². The zero-order valence-electron chi connectivity index (χ0n) is 6.68. The molecule has 0 nitrogen and oxygen atoms in total. The zero-order valence-corrected chi connectivity index (χ0v) is 11.4. The maximum Gasteiger partial charge on any atom is 0.0684 e. The summed E-state index contributed by atoms with van der Waals surface area (Å²) in [5, 5.41) is 0. The molecule has 0 aromatic heterocycles. The van der Waals surface area contributed by atoms with Gasteiger partial charge >= 0.3 is 0 Å². The summed E-state index contributed by atoms with van der Waals surface area (Å²) in [5.74, 6) is 0.479. The Morgan fingerprint density at radius 2 is 0.846 bits per heavy atom. The van der Waals surface area contributed by atoms with Crippen molar-refractivity contribution >= 4 is 47.8 Å². The molecule has 0 saturated carbocycles. The first-order chi connectivity index (χ1) is 5.99. The van der Waals surface area contributed by atoms with E-state index in [4.69, 9.17) is 0 Å². The first-order valence-corrected chi connectivity index (χ1v) is 6.54. The van der Waals surface area contributed by atoms with Crippen molar-refractivity contribution in [3.63, 3.8) is 0 Å². The lowest BCUT2D eigenvalue weighted by Crippen LogP contribution is -2.39. The van der Waals surface area contributed by atoms with Crippen molar-refractivity contribution in [1.29, 1.82) is 0 Å². The number of allylic oxidation sites excluding steroid dienone is 6. The van der Waals surface area contributed by atoms with E-state index in [1.54, 1.807) is 0 Å². The molecule has 68 valence electrons. The van der Waals surface area contributed by atoms with Crippen LogP contribution in [0.2, 0.25) is 0 Å². The van der Waals surface area contributed by atoms with Crippen molar-refractivity contribution in [3.05, 3.63) is 36.5 Å². The fourth-order valence-electron chi connectivity index (χ4n) is 2.53. The molecule has 3 heteroatoms. The predicted molar refractivity (Wildman–Crippen MR) is 65.9 cm³/mol. The molecule has 0 unspecified atom stereocenters. The molecule has 0 spiro atoms. The van der Waals surface area contributed by atoms with Crippen LogP contribution in [-0.2, 0) is 0 Å². The summed E-state index contributed by atoms with van der Waals surface area (Å²) in [4.78, 5) is 0. The van der Waals surface area contributed by atoms with Crippen LogP contribution in [0.25, 0.3) is 0 Å². The van der Waals surface area contributed by atoms with Gasteiger partial charge in [0.15, 0.2) is 0 Å². The van der Waals surface area contributed by atoms with Gasteiger partial charge in [-0.15, -0.1) is 0 Å². The van der Waals surface area contributed by atoms with Gasteiger partial charge in [0.2, 0.25) is 0 Å². The zero-order chi connectivity index (χ0) is 9.32. The van der Waals surface area contributed by atoms with Gasteiger partial charge in [0.1, 0.15) is 0 Å². The second kappa shape index (κ2) is 2.25. The molecular formula is C10H7Br3. The standard InChI is InChI=1S/C10H7Br3/c11-8-1-2-9(12)5-6-10(13,4-3-8)7(8)9/h1-7H. The summed E-state index contributed by atoms with van der Waals surface area (Å²) in [6, 6.07) is 0. The third-order valence-corrected chi connectivity index (χ3v) is 6.07. The second-order valence-electron chi connectivity index (χ2n) is 3.91. The molecule has 3 aliphatic rings. The van der Waals surface area contributed by atoms with Gasteiger partial charge < -0.3 is 0 Å². The van der Waals surface area contributed by atoms with Crippen LogP contribution in [0.1, 0.15) is 0 Å². The molecule has 13 heavy (non-hydrogen) atoms. The van der Waals surface area contributed by atoms with E-state index in [1.807, 2.05) is 0 Å². The van der Waals surface area contributed by atoms with Gasteiger partial charge in [-0.3, -0.25) is 0 Å². The number of halogens is 3. The monoisotopic (exact) mass is 364 g/mol. The van der Waals surface area contributed by atoms with Crippen molar-refractivity contribution in [2.45, 2.75) is 13.0 Å². The third-order valence-electron chi connectivity index (χ3n) is 3.11. The van der Waals surface area contributed by atoms with E-state index >= 15 is 0 Å². The van der Waals surface area contributed by atoms with Gasteiger partial charge in [0.05, 0.1) is 13.0 Å².